The first-order chi connectivity index (χ1) is 6.84. The van der Waals surface area contributed by atoms with Crippen LogP contribution in [0.15, 0.2) is 35.5 Å². The van der Waals surface area contributed by atoms with E-state index in [1.54, 1.807) is 17.5 Å². The monoisotopic (exact) mass is 193 g/mol. The number of hydrogen-bond donors (Lipinski definition) is 2. The average Bonchev–Trinajstić information content (AvgIpc) is 2.67. The molecule has 1 aliphatic rings. The molecule has 0 saturated heterocycles. The number of hydrazine groups is 1. The summed E-state index contributed by atoms with van der Waals surface area (Å²) in [7, 11) is 0. The summed E-state index contributed by atoms with van der Waals surface area (Å²) >= 11 is 0. The van der Waals surface area contributed by atoms with Crippen molar-refractivity contribution in [2.24, 2.45) is 4.99 Å². The van der Waals surface area contributed by atoms with Crippen LogP contribution in [-0.2, 0) is 6.54 Å². The van der Waals surface area contributed by atoms with Crippen LogP contribution >= 0.6 is 0 Å². The van der Waals surface area contributed by atoms with Crippen LogP contribution in [-0.4, -0.2) is 32.8 Å². The summed E-state index contributed by atoms with van der Waals surface area (Å²) in [5.74, 6) is 0.0490. The second-order valence-corrected chi connectivity index (χ2v) is 2.85. The van der Waals surface area contributed by atoms with Crippen molar-refractivity contribution in [1.29, 1.82) is 0 Å². The molecule has 74 valence electrons. The van der Waals surface area contributed by atoms with Gasteiger partial charge in [0.05, 0.1) is 19.3 Å². The second kappa shape index (κ2) is 3.82. The van der Waals surface area contributed by atoms with E-state index in [4.69, 9.17) is 5.11 Å². The van der Waals surface area contributed by atoms with Crippen LogP contribution < -0.4 is 5.43 Å². The van der Waals surface area contributed by atoms with E-state index < -0.39 is 0 Å². The van der Waals surface area contributed by atoms with Crippen LogP contribution in [0.5, 0.6) is 0 Å². The van der Waals surface area contributed by atoms with Gasteiger partial charge in [-0.15, -0.1) is 0 Å². The van der Waals surface area contributed by atoms with Gasteiger partial charge in [-0.3, -0.25) is 15.1 Å². The van der Waals surface area contributed by atoms with Crippen LogP contribution in [0.2, 0.25) is 0 Å². The minimum Gasteiger partial charge on any atom is -0.493 e. The Morgan fingerprint density at radius 1 is 1.43 bits per heavy atom. The van der Waals surface area contributed by atoms with Crippen molar-refractivity contribution in [3.05, 3.63) is 30.5 Å². The normalized spacial score (nSPS) is 15.1. The van der Waals surface area contributed by atoms with Crippen LogP contribution in [0.3, 0.4) is 0 Å². The van der Waals surface area contributed by atoms with Gasteiger partial charge in [0.15, 0.2) is 0 Å². The standard InChI is InChI=1S/C8H11N5O/c14-8-6-9-7-13(11-8)5-4-12-3-1-2-10-12/h1-3,6-7,11,14H,4-5H2. The van der Waals surface area contributed by atoms with Gasteiger partial charge in [0.2, 0.25) is 5.88 Å². The predicted octanol–water partition coefficient (Wildman–Crippen LogP) is 0.0885. The zero-order chi connectivity index (χ0) is 9.80. The van der Waals surface area contributed by atoms with Crippen molar-refractivity contribution in [2.75, 3.05) is 6.54 Å². The van der Waals surface area contributed by atoms with Crippen molar-refractivity contribution in [2.45, 2.75) is 6.54 Å². The zero-order valence-electron chi connectivity index (χ0n) is 7.54. The van der Waals surface area contributed by atoms with Gasteiger partial charge >= 0.3 is 0 Å². The molecule has 2 rings (SSSR count). The molecule has 0 fully saturated rings. The third-order valence-electron chi connectivity index (χ3n) is 1.79. The average molecular weight is 193 g/mol. The van der Waals surface area contributed by atoms with Gasteiger partial charge in [-0.2, -0.15) is 5.10 Å². The first-order valence-electron chi connectivity index (χ1n) is 4.28. The third kappa shape index (κ3) is 2.03. The lowest BCUT2D eigenvalue weighted by atomic mass is 10.6. The molecule has 0 unspecified atom stereocenters. The topological polar surface area (TPSA) is 65.7 Å². The maximum Gasteiger partial charge on any atom is 0.222 e. The lowest BCUT2D eigenvalue weighted by Gasteiger charge is -2.22. The van der Waals surface area contributed by atoms with Gasteiger partial charge in [0.1, 0.15) is 6.34 Å². The van der Waals surface area contributed by atoms with E-state index in [9.17, 15) is 0 Å². The van der Waals surface area contributed by atoms with E-state index in [1.165, 1.54) is 6.20 Å². The highest BCUT2D eigenvalue weighted by atomic mass is 16.3. The largest absolute Gasteiger partial charge is 0.493 e. The lowest BCUT2D eigenvalue weighted by molar-refractivity contribution is 0.238. The number of aliphatic hydroxyl groups excluding tert-OH is 1. The number of aliphatic hydroxyl groups is 1. The molecule has 0 amide bonds. The highest BCUT2D eigenvalue weighted by Crippen LogP contribution is 1.94. The molecule has 1 aromatic heterocycles. The summed E-state index contributed by atoms with van der Waals surface area (Å²) in [5.41, 5.74) is 2.74. The van der Waals surface area contributed by atoms with Crippen LogP contribution in [0.1, 0.15) is 0 Å². The van der Waals surface area contributed by atoms with Gasteiger partial charge in [0, 0.05) is 12.4 Å². The molecule has 1 aromatic rings. The van der Waals surface area contributed by atoms with Crippen molar-refractivity contribution in [3.63, 3.8) is 0 Å². The zero-order valence-corrected chi connectivity index (χ0v) is 7.54. The van der Waals surface area contributed by atoms with Crippen LogP contribution in [0, 0.1) is 0 Å². The molecule has 2 N–H and O–H groups in total. The quantitative estimate of drug-likeness (QED) is 0.714. The van der Waals surface area contributed by atoms with Crippen LogP contribution in [0.4, 0.5) is 0 Å². The molecule has 6 nitrogen and oxygen atoms in total. The van der Waals surface area contributed by atoms with Crippen molar-refractivity contribution in [1.82, 2.24) is 20.2 Å². The van der Waals surface area contributed by atoms with Gasteiger partial charge in [-0.05, 0) is 6.07 Å². The Hall–Kier alpha value is -1.98. The minimum atomic E-state index is 0.0490. The molecular formula is C8H11N5O. The van der Waals surface area contributed by atoms with E-state index in [0.717, 1.165) is 6.54 Å². The number of aromatic nitrogens is 2. The Labute approximate surface area is 81.1 Å². The second-order valence-electron chi connectivity index (χ2n) is 2.85. The number of aliphatic imine (C=N–C) groups is 1. The number of nitrogens with zero attached hydrogens (tertiary/aromatic N) is 4. The van der Waals surface area contributed by atoms with E-state index in [2.05, 4.69) is 15.5 Å². The van der Waals surface area contributed by atoms with Crippen LogP contribution in [0.25, 0.3) is 0 Å². The molecule has 6 heteroatoms. The highest BCUT2D eigenvalue weighted by Gasteiger charge is 2.04. The molecule has 0 radical (unpaired) electrons. The summed E-state index contributed by atoms with van der Waals surface area (Å²) in [6.45, 7) is 1.42. The number of rotatable bonds is 3. The fourth-order valence-corrected chi connectivity index (χ4v) is 1.15. The maximum atomic E-state index is 9.11. The molecule has 0 spiro atoms. The predicted molar refractivity (Wildman–Crippen MR) is 51.3 cm³/mol. The van der Waals surface area contributed by atoms with E-state index >= 15 is 0 Å². The first kappa shape index (κ1) is 8.61. The summed E-state index contributed by atoms with van der Waals surface area (Å²) < 4.78 is 1.81. The molecule has 1 aliphatic heterocycles. The maximum absolute atomic E-state index is 9.11. The Kier molecular flexibility index (Phi) is 2.35. The molecule has 0 aromatic carbocycles. The molecule has 0 saturated carbocycles. The van der Waals surface area contributed by atoms with E-state index in [1.807, 2.05) is 16.9 Å². The van der Waals surface area contributed by atoms with Crippen molar-refractivity contribution >= 4 is 6.34 Å². The summed E-state index contributed by atoms with van der Waals surface area (Å²) in [6, 6.07) is 1.87. The van der Waals surface area contributed by atoms with Gasteiger partial charge in [0.25, 0.3) is 0 Å². The minimum absolute atomic E-state index is 0.0490. The highest BCUT2D eigenvalue weighted by molar-refractivity contribution is 5.56. The SMILES string of the molecule is OC1=CN=CN(CCn2cccn2)N1. The number of hydrogen-bond acceptors (Lipinski definition) is 5. The fraction of sp³-hybridized carbons (Fsp3) is 0.250. The molecule has 2 heterocycles. The van der Waals surface area contributed by atoms with Gasteiger partial charge in [-0.1, -0.05) is 0 Å². The van der Waals surface area contributed by atoms with Crippen molar-refractivity contribution < 1.29 is 5.11 Å². The Morgan fingerprint density at radius 3 is 3.07 bits per heavy atom. The third-order valence-corrected chi connectivity index (χ3v) is 1.79. The number of nitrogens with one attached hydrogen (secondary N) is 1. The Balaban J connectivity index is 1.82. The molecular weight excluding hydrogens is 182 g/mol. The first-order valence-corrected chi connectivity index (χ1v) is 4.28. The Bertz CT molecular complexity index is 343. The smallest absolute Gasteiger partial charge is 0.222 e. The fourth-order valence-electron chi connectivity index (χ4n) is 1.15. The van der Waals surface area contributed by atoms with Gasteiger partial charge in [-0.25, -0.2) is 4.99 Å². The lowest BCUT2D eigenvalue weighted by Crippen LogP contribution is -2.40. The molecule has 0 bridgehead atoms. The molecule has 14 heavy (non-hydrogen) atoms. The summed E-state index contributed by atoms with van der Waals surface area (Å²) in [5, 5.41) is 14.9. The summed E-state index contributed by atoms with van der Waals surface area (Å²) in [6.07, 6.45) is 6.58. The Morgan fingerprint density at radius 2 is 2.36 bits per heavy atom. The molecule has 0 aliphatic carbocycles. The summed E-state index contributed by atoms with van der Waals surface area (Å²) in [4.78, 5) is 3.84. The molecule has 0 atom stereocenters. The van der Waals surface area contributed by atoms with Crippen molar-refractivity contribution in [3.8, 4) is 0 Å². The van der Waals surface area contributed by atoms with E-state index in [-0.39, 0.29) is 5.88 Å². The van der Waals surface area contributed by atoms with E-state index in [0.29, 0.717) is 6.54 Å². The van der Waals surface area contributed by atoms with Gasteiger partial charge < -0.3 is 5.11 Å².